The second-order valence-corrected chi connectivity index (χ2v) is 13.0. The van der Waals surface area contributed by atoms with Gasteiger partial charge in [0.05, 0.1) is 10.2 Å². The number of thiazole rings is 1. The van der Waals surface area contributed by atoms with Crippen molar-refractivity contribution in [3.05, 3.63) is 42.7 Å². The van der Waals surface area contributed by atoms with Crippen molar-refractivity contribution in [3.8, 4) is 16.3 Å². The topological polar surface area (TPSA) is 35.0 Å². The number of pyridine rings is 1. The third-order valence-electron chi connectivity index (χ3n) is 4.45. The Bertz CT molecular complexity index is 822. The molecule has 3 nitrogen and oxygen atoms in total. The van der Waals surface area contributed by atoms with Crippen LogP contribution in [0.4, 0.5) is 0 Å². The van der Waals surface area contributed by atoms with Gasteiger partial charge in [0.25, 0.3) is 0 Å². The molecule has 23 heavy (non-hydrogen) atoms. The van der Waals surface area contributed by atoms with E-state index >= 15 is 0 Å². The maximum absolute atomic E-state index is 6.39. The average molecular weight is 343 g/mol. The molecule has 0 spiro atoms. The number of nitrogens with zero attached hydrogens (tertiary/aromatic N) is 2. The van der Waals surface area contributed by atoms with Gasteiger partial charge in [-0.3, -0.25) is 4.98 Å². The van der Waals surface area contributed by atoms with Gasteiger partial charge in [-0.15, -0.1) is 11.3 Å². The van der Waals surface area contributed by atoms with E-state index in [1.165, 1.54) is 0 Å². The molecule has 2 heterocycles. The zero-order chi connectivity index (χ0) is 16.7. The largest absolute Gasteiger partial charge is 0.543 e. The lowest BCUT2D eigenvalue weighted by Gasteiger charge is -2.36. The summed E-state index contributed by atoms with van der Waals surface area (Å²) >= 11 is 1.68. The van der Waals surface area contributed by atoms with Crippen LogP contribution in [0.2, 0.25) is 18.1 Å². The van der Waals surface area contributed by atoms with E-state index in [4.69, 9.17) is 9.41 Å². The maximum Gasteiger partial charge on any atom is 0.250 e. The van der Waals surface area contributed by atoms with E-state index in [2.05, 4.69) is 44.9 Å². The molecule has 0 amide bonds. The van der Waals surface area contributed by atoms with E-state index in [1.54, 1.807) is 17.5 Å². The molecule has 0 atom stereocenters. The fourth-order valence-electron chi connectivity index (χ4n) is 2.03. The summed E-state index contributed by atoms with van der Waals surface area (Å²) in [5, 5.41) is 1.19. The standard InChI is InChI=1S/C18H22N2OSSi/c1-18(2,3)23(4,5)21-14-8-9-15-16(11-14)22-17(20-15)13-7-6-10-19-12-13/h6-12H,1-5H3. The molecule has 0 aliphatic rings. The summed E-state index contributed by atoms with van der Waals surface area (Å²) in [5.41, 5.74) is 2.07. The minimum atomic E-state index is -1.82. The van der Waals surface area contributed by atoms with Crippen molar-refractivity contribution < 1.29 is 4.43 Å². The minimum Gasteiger partial charge on any atom is -0.543 e. The Morgan fingerprint density at radius 2 is 1.91 bits per heavy atom. The van der Waals surface area contributed by atoms with Crippen LogP contribution >= 0.6 is 11.3 Å². The van der Waals surface area contributed by atoms with Crippen LogP contribution < -0.4 is 4.43 Å². The number of hydrogen-bond donors (Lipinski definition) is 0. The Labute approximate surface area is 142 Å². The normalized spacial score (nSPS) is 12.6. The fourth-order valence-corrected chi connectivity index (χ4v) is 4.04. The van der Waals surface area contributed by atoms with Crippen LogP contribution in [0.3, 0.4) is 0 Å². The quantitative estimate of drug-likeness (QED) is 0.569. The summed E-state index contributed by atoms with van der Waals surface area (Å²) < 4.78 is 7.55. The number of hydrogen-bond acceptors (Lipinski definition) is 4. The van der Waals surface area contributed by atoms with Crippen molar-refractivity contribution in [1.82, 2.24) is 9.97 Å². The van der Waals surface area contributed by atoms with E-state index < -0.39 is 8.32 Å². The van der Waals surface area contributed by atoms with E-state index in [0.29, 0.717) is 0 Å². The highest BCUT2D eigenvalue weighted by molar-refractivity contribution is 7.21. The SMILES string of the molecule is CC(C)(C)[Si](C)(C)Oc1ccc2nc(-c3cccnc3)sc2c1. The monoisotopic (exact) mass is 342 g/mol. The fraction of sp³-hybridized carbons (Fsp3) is 0.333. The second kappa shape index (κ2) is 5.73. The van der Waals surface area contributed by atoms with Crippen molar-refractivity contribution in [2.75, 3.05) is 0 Å². The van der Waals surface area contributed by atoms with Crippen molar-refractivity contribution >= 4 is 29.9 Å². The van der Waals surface area contributed by atoms with Crippen molar-refractivity contribution in [3.63, 3.8) is 0 Å². The molecule has 0 saturated carbocycles. The summed E-state index contributed by atoms with van der Waals surface area (Å²) in [6.45, 7) is 11.3. The lowest BCUT2D eigenvalue weighted by molar-refractivity contribution is 0.493. The first kappa shape index (κ1) is 16.1. The molecule has 3 rings (SSSR count). The average Bonchev–Trinajstić information content (AvgIpc) is 2.90. The maximum atomic E-state index is 6.39. The van der Waals surface area contributed by atoms with Gasteiger partial charge in [0.1, 0.15) is 10.8 Å². The zero-order valence-electron chi connectivity index (χ0n) is 14.3. The van der Waals surface area contributed by atoms with E-state index in [1.807, 2.05) is 30.5 Å². The molecule has 0 bridgehead atoms. The molecule has 3 aromatic rings. The van der Waals surface area contributed by atoms with Crippen LogP contribution in [0.1, 0.15) is 20.8 Å². The van der Waals surface area contributed by atoms with Gasteiger partial charge in [0.15, 0.2) is 0 Å². The molecule has 0 fully saturated rings. The molecule has 120 valence electrons. The van der Waals surface area contributed by atoms with Crippen LogP contribution in [0, 0.1) is 0 Å². The second-order valence-electron chi connectivity index (χ2n) is 7.25. The first-order valence-corrected chi connectivity index (χ1v) is 11.5. The predicted molar refractivity (Wildman–Crippen MR) is 101 cm³/mol. The highest BCUT2D eigenvalue weighted by Gasteiger charge is 2.39. The lowest BCUT2D eigenvalue weighted by Crippen LogP contribution is -2.43. The third kappa shape index (κ3) is 3.30. The molecule has 0 saturated heterocycles. The van der Waals surface area contributed by atoms with Gasteiger partial charge in [-0.05, 0) is 48.5 Å². The minimum absolute atomic E-state index is 0.191. The first-order chi connectivity index (χ1) is 10.8. The Morgan fingerprint density at radius 1 is 1.13 bits per heavy atom. The van der Waals surface area contributed by atoms with E-state index in [0.717, 1.165) is 26.5 Å². The van der Waals surface area contributed by atoms with Gasteiger partial charge in [0, 0.05) is 18.0 Å². The predicted octanol–water partition coefficient (Wildman–Crippen LogP) is 5.74. The Kier molecular flexibility index (Phi) is 4.02. The molecule has 2 aromatic heterocycles. The Morgan fingerprint density at radius 3 is 2.57 bits per heavy atom. The summed E-state index contributed by atoms with van der Waals surface area (Å²) in [5.74, 6) is 0.950. The number of aromatic nitrogens is 2. The van der Waals surface area contributed by atoms with E-state index in [-0.39, 0.29) is 5.04 Å². The van der Waals surface area contributed by atoms with Crippen molar-refractivity contribution in [1.29, 1.82) is 0 Å². The summed E-state index contributed by atoms with van der Waals surface area (Å²) in [6, 6.07) is 10.2. The summed E-state index contributed by atoms with van der Waals surface area (Å²) in [4.78, 5) is 8.88. The number of rotatable bonds is 3. The molecule has 0 N–H and O–H groups in total. The molecular formula is C18H22N2OSSi. The third-order valence-corrected chi connectivity index (χ3v) is 9.87. The molecule has 0 aliphatic carbocycles. The van der Waals surface area contributed by atoms with Gasteiger partial charge in [0.2, 0.25) is 8.32 Å². The molecular weight excluding hydrogens is 320 g/mol. The lowest BCUT2D eigenvalue weighted by atomic mass is 10.2. The zero-order valence-corrected chi connectivity index (χ0v) is 16.1. The van der Waals surface area contributed by atoms with Gasteiger partial charge in [-0.1, -0.05) is 20.8 Å². The molecule has 0 aliphatic heterocycles. The molecule has 5 heteroatoms. The van der Waals surface area contributed by atoms with Crippen LogP contribution in [0.25, 0.3) is 20.8 Å². The van der Waals surface area contributed by atoms with Gasteiger partial charge in [-0.25, -0.2) is 4.98 Å². The number of fused-ring (bicyclic) bond motifs is 1. The van der Waals surface area contributed by atoms with Crippen LogP contribution in [0.5, 0.6) is 5.75 Å². The van der Waals surface area contributed by atoms with Crippen molar-refractivity contribution in [2.24, 2.45) is 0 Å². The van der Waals surface area contributed by atoms with Crippen molar-refractivity contribution in [2.45, 2.75) is 38.9 Å². The first-order valence-electron chi connectivity index (χ1n) is 7.76. The highest BCUT2D eigenvalue weighted by atomic mass is 32.1. The van der Waals surface area contributed by atoms with Crippen LogP contribution in [0.15, 0.2) is 42.7 Å². The summed E-state index contributed by atoms with van der Waals surface area (Å²) in [6.07, 6.45) is 3.63. The van der Waals surface area contributed by atoms with Crippen LogP contribution in [-0.2, 0) is 0 Å². The smallest absolute Gasteiger partial charge is 0.250 e. The summed E-state index contributed by atoms with van der Waals surface area (Å²) in [7, 11) is -1.82. The Hall–Kier alpha value is -1.72. The van der Waals surface area contributed by atoms with E-state index in [9.17, 15) is 0 Å². The van der Waals surface area contributed by atoms with Gasteiger partial charge in [-0.2, -0.15) is 0 Å². The van der Waals surface area contributed by atoms with Crippen LogP contribution in [-0.4, -0.2) is 18.3 Å². The van der Waals surface area contributed by atoms with Gasteiger partial charge < -0.3 is 4.43 Å². The van der Waals surface area contributed by atoms with Gasteiger partial charge >= 0.3 is 0 Å². The molecule has 0 radical (unpaired) electrons. The Balaban J connectivity index is 1.94. The molecule has 0 unspecified atom stereocenters. The highest BCUT2D eigenvalue weighted by Crippen LogP contribution is 2.39. The number of benzene rings is 1. The molecule has 1 aromatic carbocycles.